The molecule has 2 bridgehead atoms. The van der Waals surface area contributed by atoms with Crippen LogP contribution in [0.5, 0.6) is 0 Å². The average Bonchev–Trinajstić information content (AvgIpc) is 3.74. The molecule has 0 aromatic carbocycles. The lowest BCUT2D eigenvalue weighted by atomic mass is 9.61. The van der Waals surface area contributed by atoms with Gasteiger partial charge in [0.05, 0.1) is 35.0 Å². The van der Waals surface area contributed by atoms with Gasteiger partial charge in [-0.15, -0.1) is 9.35 Å². The van der Waals surface area contributed by atoms with Crippen LogP contribution in [0.25, 0.3) is 0 Å². The molecule has 4 rings (SSSR count). The number of imide groups is 1. The van der Waals surface area contributed by atoms with E-state index in [1.165, 1.54) is 13.8 Å². The SMILES string of the molecule is CCC(C)(CCC(CCC1C2CC(C3C(=O)N(OS(=O)(=O)C(F)(F)C(F)(F)C(F)(F)C(F)(F)F)C(=O)C23)C1C1C(=O)OC(=O)C1C)C(=O)OC(C)(C)C)C(=O)O. The van der Waals surface area contributed by atoms with Crippen LogP contribution in [0.2, 0.25) is 0 Å². The molecule has 10 atom stereocenters. The van der Waals surface area contributed by atoms with E-state index in [1.807, 2.05) is 0 Å². The average molecular weight is 846 g/mol. The number of cyclic esters (lactones) is 2. The normalized spacial score (nSPS) is 30.4. The van der Waals surface area contributed by atoms with Gasteiger partial charge in [-0.25, -0.2) is 0 Å². The molecule has 2 saturated carbocycles. The number of ether oxygens (including phenoxy) is 2. The molecule has 2 saturated heterocycles. The van der Waals surface area contributed by atoms with Crippen LogP contribution in [0.1, 0.15) is 80.1 Å². The van der Waals surface area contributed by atoms with Crippen LogP contribution < -0.4 is 0 Å². The summed E-state index contributed by atoms with van der Waals surface area (Å²) in [6.07, 6.45) is -7.59. The Kier molecular flexibility index (Phi) is 11.6. The van der Waals surface area contributed by atoms with Gasteiger partial charge >= 0.3 is 57.3 Å². The zero-order chi connectivity index (χ0) is 43.1. The fourth-order valence-corrected chi connectivity index (χ4v) is 9.38. The molecule has 10 unspecified atom stereocenters. The molecule has 0 aromatic rings. The first-order valence-corrected chi connectivity index (χ1v) is 18.9. The van der Waals surface area contributed by atoms with Crippen molar-refractivity contribution in [2.75, 3.05) is 0 Å². The Morgan fingerprint density at radius 3 is 1.84 bits per heavy atom. The molecule has 318 valence electrons. The Morgan fingerprint density at radius 2 is 1.39 bits per heavy atom. The number of nitrogens with zero attached hydrogens (tertiary/aromatic N) is 1. The molecule has 2 aliphatic heterocycles. The van der Waals surface area contributed by atoms with Crippen molar-refractivity contribution in [3.8, 4) is 0 Å². The summed E-state index contributed by atoms with van der Waals surface area (Å²) in [7, 11) is -7.69. The van der Waals surface area contributed by atoms with Crippen molar-refractivity contribution in [1.29, 1.82) is 0 Å². The monoisotopic (exact) mass is 845 g/mol. The van der Waals surface area contributed by atoms with Crippen LogP contribution in [-0.4, -0.2) is 83.2 Å². The Bertz CT molecular complexity index is 1760. The highest BCUT2D eigenvalue weighted by Crippen LogP contribution is 2.66. The van der Waals surface area contributed by atoms with Gasteiger partial charge in [-0.2, -0.15) is 47.9 Å². The zero-order valence-corrected chi connectivity index (χ0v) is 31.5. The van der Waals surface area contributed by atoms with Crippen molar-refractivity contribution in [2.24, 2.45) is 58.7 Å². The molecule has 0 spiro atoms. The number of hydrogen-bond acceptors (Lipinski definition) is 11. The van der Waals surface area contributed by atoms with E-state index < -0.39 is 138 Å². The molecule has 1 N–H and O–H groups in total. The number of hydrogen-bond donors (Lipinski definition) is 1. The fourth-order valence-electron chi connectivity index (χ4n) is 8.50. The van der Waals surface area contributed by atoms with E-state index in [0.29, 0.717) is 0 Å². The summed E-state index contributed by atoms with van der Waals surface area (Å²) in [5.74, 6) is -33.9. The quantitative estimate of drug-likeness (QED) is 0.0944. The highest BCUT2D eigenvalue weighted by atomic mass is 32.2. The predicted molar refractivity (Wildman–Crippen MR) is 166 cm³/mol. The van der Waals surface area contributed by atoms with Gasteiger partial charge in [-0.05, 0) is 89.9 Å². The molecular weight excluding hydrogens is 805 g/mol. The molecule has 2 amide bonds. The molecule has 13 nitrogen and oxygen atoms in total. The van der Waals surface area contributed by atoms with Gasteiger partial charge in [0.1, 0.15) is 5.60 Å². The van der Waals surface area contributed by atoms with Crippen LogP contribution in [0.15, 0.2) is 0 Å². The number of carboxylic acids is 1. The number of carbonyl (C=O) groups excluding carboxylic acids is 5. The number of amides is 2. The Hall–Kier alpha value is -3.50. The van der Waals surface area contributed by atoms with Gasteiger partial charge in [-0.3, -0.25) is 28.8 Å². The summed E-state index contributed by atoms with van der Waals surface area (Å²) >= 11 is 0. The third-order valence-electron chi connectivity index (χ3n) is 11.7. The molecule has 4 aliphatic rings. The molecule has 2 aliphatic carbocycles. The molecule has 56 heavy (non-hydrogen) atoms. The molecule has 4 fully saturated rings. The Labute approximate surface area is 314 Å². The number of alkyl halides is 9. The van der Waals surface area contributed by atoms with Crippen molar-refractivity contribution in [2.45, 2.75) is 109 Å². The van der Waals surface area contributed by atoms with E-state index in [2.05, 4.69) is 4.28 Å². The van der Waals surface area contributed by atoms with Crippen molar-refractivity contribution >= 4 is 45.8 Å². The number of carbonyl (C=O) groups is 6. The summed E-state index contributed by atoms with van der Waals surface area (Å²) < 4.78 is 161. The second-order valence-electron chi connectivity index (χ2n) is 16.1. The lowest BCUT2D eigenvalue weighted by molar-refractivity contribution is -0.383. The highest BCUT2D eigenvalue weighted by Gasteiger charge is 2.86. The van der Waals surface area contributed by atoms with Gasteiger partial charge < -0.3 is 14.6 Å². The number of aliphatic carboxylic acids is 1. The van der Waals surface area contributed by atoms with Crippen LogP contribution >= 0.6 is 0 Å². The van der Waals surface area contributed by atoms with Gasteiger partial charge in [0.25, 0.3) is 11.8 Å². The van der Waals surface area contributed by atoms with Gasteiger partial charge in [-0.1, -0.05) is 13.8 Å². The van der Waals surface area contributed by atoms with E-state index >= 15 is 0 Å². The number of hydroxylamine groups is 2. The number of esters is 3. The number of carboxylic acid groups (broad SMARTS) is 1. The van der Waals surface area contributed by atoms with Crippen LogP contribution in [0.4, 0.5) is 39.5 Å². The maximum Gasteiger partial charge on any atom is 0.460 e. The highest BCUT2D eigenvalue weighted by molar-refractivity contribution is 7.87. The minimum atomic E-state index is -7.72. The largest absolute Gasteiger partial charge is 0.481 e. The standard InChI is InChI=1S/C33H40F9NO12S/c1-7-29(6,27(49)50)11-10-14(25(47)54-28(3,4)5)8-9-15-16-12-17(19(15)18-13(2)24(46)53-26(18)48)21-20(16)22(44)43(23(21)45)55-56(51,52)33(41,42)31(36,37)30(34,35)32(38,39)40/h13-21H,7-12H2,1-6H3,(H,49,50). The van der Waals surface area contributed by atoms with E-state index in [1.54, 1.807) is 27.7 Å². The molecule has 2 heterocycles. The van der Waals surface area contributed by atoms with E-state index in [0.717, 1.165) is 0 Å². The summed E-state index contributed by atoms with van der Waals surface area (Å²) in [5.41, 5.74) is -2.28. The molecule has 23 heteroatoms. The van der Waals surface area contributed by atoms with Gasteiger partial charge in [0.15, 0.2) is 0 Å². The minimum Gasteiger partial charge on any atom is -0.481 e. The van der Waals surface area contributed by atoms with Crippen molar-refractivity contribution in [1.82, 2.24) is 5.06 Å². The predicted octanol–water partition coefficient (Wildman–Crippen LogP) is 5.51. The third kappa shape index (κ3) is 7.27. The van der Waals surface area contributed by atoms with Crippen molar-refractivity contribution in [3.05, 3.63) is 0 Å². The Morgan fingerprint density at radius 1 is 0.857 bits per heavy atom. The first kappa shape index (κ1) is 45.2. The topological polar surface area (TPSA) is 188 Å². The van der Waals surface area contributed by atoms with Crippen LogP contribution in [-0.2, 0) is 52.6 Å². The van der Waals surface area contributed by atoms with Crippen molar-refractivity contribution < 1.29 is 95.6 Å². The van der Waals surface area contributed by atoms with E-state index in [9.17, 15) is 81.8 Å². The minimum absolute atomic E-state index is 0.0135. The lowest BCUT2D eigenvalue weighted by Crippen LogP contribution is -2.64. The second kappa shape index (κ2) is 14.4. The number of rotatable bonds is 15. The van der Waals surface area contributed by atoms with E-state index in [-0.39, 0.29) is 38.5 Å². The molecular formula is C33H40F9NO12S. The summed E-state index contributed by atoms with van der Waals surface area (Å²) in [4.78, 5) is 77.9. The zero-order valence-electron chi connectivity index (χ0n) is 30.6. The van der Waals surface area contributed by atoms with E-state index in [4.69, 9.17) is 9.47 Å². The summed E-state index contributed by atoms with van der Waals surface area (Å²) in [6.45, 7) is 9.11. The van der Waals surface area contributed by atoms with Crippen molar-refractivity contribution in [3.63, 3.8) is 0 Å². The Balaban J connectivity index is 1.70. The lowest BCUT2D eigenvalue weighted by Gasteiger charge is -2.39. The summed E-state index contributed by atoms with van der Waals surface area (Å²) in [5, 5.41) is 1.50. The molecule has 0 radical (unpaired) electrons. The maximum absolute atomic E-state index is 14.5. The van der Waals surface area contributed by atoms with Gasteiger partial charge in [0, 0.05) is 0 Å². The maximum atomic E-state index is 14.5. The van der Waals surface area contributed by atoms with Crippen LogP contribution in [0.3, 0.4) is 0 Å². The first-order valence-electron chi connectivity index (χ1n) is 17.4. The molecule has 0 aromatic heterocycles. The first-order chi connectivity index (χ1) is 25.2. The second-order valence-corrected chi connectivity index (χ2v) is 17.7. The van der Waals surface area contributed by atoms with Crippen LogP contribution in [0, 0.1) is 58.7 Å². The smallest absolute Gasteiger partial charge is 0.460 e. The van der Waals surface area contributed by atoms with Gasteiger partial charge in [0.2, 0.25) is 0 Å². The number of halogens is 9. The number of fused-ring (bicyclic) bond motifs is 5. The summed E-state index contributed by atoms with van der Waals surface area (Å²) in [6, 6.07) is 0. The third-order valence-corrected chi connectivity index (χ3v) is 12.9. The fraction of sp³-hybridized carbons (Fsp3) is 0.818.